The number of pyridine rings is 1. The number of aromatic nitrogens is 1. The minimum atomic E-state index is -3.92. The lowest BCUT2D eigenvalue weighted by atomic mass is 10.1. The summed E-state index contributed by atoms with van der Waals surface area (Å²) in [6.45, 7) is 3.10. The van der Waals surface area contributed by atoms with Gasteiger partial charge >= 0.3 is 5.97 Å². The molecular formula is C16H19N3O4S2. The van der Waals surface area contributed by atoms with Crippen LogP contribution < -0.4 is 5.32 Å². The minimum Gasteiger partial charge on any atom is -0.478 e. The fourth-order valence-corrected chi connectivity index (χ4v) is 6.02. The molecule has 0 aliphatic carbocycles. The van der Waals surface area contributed by atoms with E-state index in [0.29, 0.717) is 30.8 Å². The minimum absolute atomic E-state index is 0.0777. The van der Waals surface area contributed by atoms with Gasteiger partial charge in [-0.15, -0.1) is 11.3 Å². The molecule has 3 heterocycles. The van der Waals surface area contributed by atoms with Crippen LogP contribution in [0.2, 0.25) is 0 Å². The van der Waals surface area contributed by atoms with Crippen molar-refractivity contribution in [2.24, 2.45) is 0 Å². The summed E-state index contributed by atoms with van der Waals surface area (Å²) in [5, 5.41) is 12.7. The van der Waals surface area contributed by atoms with Crippen molar-refractivity contribution >= 4 is 27.3 Å². The summed E-state index contributed by atoms with van der Waals surface area (Å²) in [5.74, 6) is -1.19. The Morgan fingerprint density at radius 3 is 2.92 bits per heavy atom. The van der Waals surface area contributed by atoms with Gasteiger partial charge in [-0.2, -0.15) is 4.31 Å². The van der Waals surface area contributed by atoms with Gasteiger partial charge in [0.15, 0.2) is 0 Å². The van der Waals surface area contributed by atoms with E-state index in [0.717, 1.165) is 21.8 Å². The lowest BCUT2D eigenvalue weighted by Crippen LogP contribution is -2.28. The monoisotopic (exact) mass is 381 g/mol. The molecule has 7 nitrogen and oxygen atoms in total. The van der Waals surface area contributed by atoms with Crippen LogP contribution >= 0.6 is 11.3 Å². The first kappa shape index (κ1) is 18.0. The van der Waals surface area contributed by atoms with Crippen molar-refractivity contribution in [1.29, 1.82) is 0 Å². The Morgan fingerprint density at radius 1 is 1.48 bits per heavy atom. The van der Waals surface area contributed by atoms with Crippen molar-refractivity contribution in [3.63, 3.8) is 0 Å². The summed E-state index contributed by atoms with van der Waals surface area (Å²) in [6.07, 6.45) is 2.13. The lowest BCUT2D eigenvalue weighted by molar-refractivity contribution is 0.0692. The van der Waals surface area contributed by atoms with Crippen LogP contribution in [0.25, 0.3) is 0 Å². The number of carboxylic acids is 1. The molecular weight excluding hydrogens is 362 g/mol. The first-order chi connectivity index (χ1) is 11.8. The highest BCUT2D eigenvalue weighted by molar-refractivity contribution is 7.91. The molecule has 1 aliphatic rings. The zero-order valence-electron chi connectivity index (χ0n) is 13.9. The Balaban J connectivity index is 2.01. The highest BCUT2D eigenvalue weighted by Gasteiger charge is 2.34. The third kappa shape index (κ3) is 3.32. The molecule has 0 spiro atoms. The maximum Gasteiger partial charge on any atom is 0.338 e. The van der Waals surface area contributed by atoms with Gasteiger partial charge in [-0.3, -0.25) is 4.98 Å². The highest BCUT2D eigenvalue weighted by atomic mass is 32.2. The topological polar surface area (TPSA) is 99.6 Å². The number of nitrogens with zero attached hydrogens (tertiary/aromatic N) is 2. The number of carboxylic acid groups (broad SMARTS) is 1. The first-order valence-electron chi connectivity index (χ1n) is 7.77. The number of fused-ring (bicyclic) bond motifs is 1. The summed E-state index contributed by atoms with van der Waals surface area (Å²) in [6, 6.07) is 3.65. The van der Waals surface area contributed by atoms with Gasteiger partial charge < -0.3 is 10.4 Å². The van der Waals surface area contributed by atoms with E-state index in [2.05, 4.69) is 10.3 Å². The molecule has 0 radical (unpaired) electrons. The van der Waals surface area contributed by atoms with Gasteiger partial charge in [0, 0.05) is 24.7 Å². The molecule has 134 valence electrons. The van der Waals surface area contributed by atoms with Gasteiger partial charge in [0.1, 0.15) is 4.21 Å². The number of thiophene rings is 1. The van der Waals surface area contributed by atoms with Crippen LogP contribution in [0.5, 0.6) is 0 Å². The number of aromatic carboxylic acids is 1. The number of nitrogens with one attached hydrogen (secondary N) is 1. The largest absolute Gasteiger partial charge is 0.478 e. The molecule has 0 fully saturated rings. The van der Waals surface area contributed by atoms with Crippen molar-refractivity contribution in [3.05, 3.63) is 45.6 Å². The number of rotatable bonds is 5. The third-order valence-corrected chi connectivity index (χ3v) is 7.78. The van der Waals surface area contributed by atoms with Gasteiger partial charge in [-0.1, -0.05) is 6.07 Å². The van der Waals surface area contributed by atoms with Gasteiger partial charge in [0.05, 0.1) is 17.8 Å². The Bertz CT molecular complexity index is 921. The fourth-order valence-electron chi connectivity index (χ4n) is 2.83. The van der Waals surface area contributed by atoms with E-state index < -0.39 is 16.0 Å². The molecule has 2 aromatic rings. The smallest absolute Gasteiger partial charge is 0.338 e. The van der Waals surface area contributed by atoms with Crippen LogP contribution in [0.4, 0.5) is 0 Å². The summed E-state index contributed by atoms with van der Waals surface area (Å²) in [5.41, 5.74) is 2.09. The van der Waals surface area contributed by atoms with Crippen molar-refractivity contribution in [2.75, 3.05) is 13.6 Å². The molecule has 2 aromatic heterocycles. The SMILES string of the molecule is Cc1cccnc1CN(C)S(=O)(=O)c1sc2c(c1C(=O)O)CCNC2. The van der Waals surface area contributed by atoms with Gasteiger partial charge in [-0.25, -0.2) is 13.2 Å². The molecule has 25 heavy (non-hydrogen) atoms. The van der Waals surface area contributed by atoms with E-state index in [1.807, 2.05) is 13.0 Å². The Kier molecular flexibility index (Phi) is 4.92. The second kappa shape index (κ2) is 6.83. The molecule has 0 amide bonds. The number of aryl methyl sites for hydroxylation is 1. The van der Waals surface area contributed by atoms with Crippen LogP contribution in [0, 0.1) is 6.92 Å². The number of hydrogen-bond donors (Lipinski definition) is 2. The van der Waals surface area contributed by atoms with Gasteiger partial charge in [0.2, 0.25) is 0 Å². The molecule has 3 rings (SSSR count). The number of carbonyl (C=O) groups is 1. The van der Waals surface area contributed by atoms with Crippen molar-refractivity contribution in [3.8, 4) is 0 Å². The Hall–Kier alpha value is -1.81. The predicted octanol–water partition coefficient (Wildman–Crippen LogP) is 1.62. The standard InChI is InChI=1S/C16H19N3O4S2/c1-10-4-3-6-18-12(10)9-19(2)25(22,23)16-14(15(20)21)11-5-7-17-8-13(11)24-16/h3-4,6,17H,5,7-9H2,1-2H3,(H,20,21). The average molecular weight is 381 g/mol. The molecule has 1 aliphatic heterocycles. The predicted molar refractivity (Wildman–Crippen MR) is 94.3 cm³/mol. The van der Waals surface area contributed by atoms with Crippen LogP contribution in [-0.4, -0.2) is 42.4 Å². The Labute approximate surface area is 150 Å². The van der Waals surface area contributed by atoms with Gasteiger partial charge in [0.25, 0.3) is 10.0 Å². The molecule has 0 saturated carbocycles. The number of sulfonamides is 1. The van der Waals surface area contributed by atoms with E-state index in [1.165, 1.54) is 11.4 Å². The summed E-state index contributed by atoms with van der Waals surface area (Å²) in [4.78, 5) is 16.7. The summed E-state index contributed by atoms with van der Waals surface area (Å²) < 4.78 is 27.1. The number of hydrogen-bond acceptors (Lipinski definition) is 6. The quantitative estimate of drug-likeness (QED) is 0.816. The van der Waals surface area contributed by atoms with Crippen LogP contribution in [0.3, 0.4) is 0 Å². The Morgan fingerprint density at radius 2 is 2.24 bits per heavy atom. The second-order valence-corrected chi connectivity index (χ2v) is 9.27. The molecule has 0 saturated heterocycles. The molecule has 0 atom stereocenters. The molecule has 0 aromatic carbocycles. The lowest BCUT2D eigenvalue weighted by Gasteiger charge is -2.17. The highest BCUT2D eigenvalue weighted by Crippen LogP contribution is 2.36. The van der Waals surface area contributed by atoms with Crippen molar-refractivity contribution < 1.29 is 18.3 Å². The molecule has 9 heteroatoms. The zero-order valence-corrected chi connectivity index (χ0v) is 15.6. The van der Waals surface area contributed by atoms with Crippen LogP contribution in [0.1, 0.15) is 32.1 Å². The normalized spacial score (nSPS) is 14.5. The van der Waals surface area contributed by atoms with E-state index in [1.54, 1.807) is 12.3 Å². The van der Waals surface area contributed by atoms with E-state index in [-0.39, 0.29) is 16.3 Å². The average Bonchev–Trinajstić information content (AvgIpc) is 2.97. The molecule has 2 N–H and O–H groups in total. The van der Waals surface area contributed by atoms with E-state index in [9.17, 15) is 18.3 Å². The molecule has 0 unspecified atom stereocenters. The van der Waals surface area contributed by atoms with Gasteiger partial charge in [-0.05, 0) is 37.1 Å². The summed E-state index contributed by atoms with van der Waals surface area (Å²) in [7, 11) is -2.47. The van der Waals surface area contributed by atoms with E-state index in [4.69, 9.17) is 0 Å². The third-order valence-electron chi connectivity index (χ3n) is 4.24. The van der Waals surface area contributed by atoms with Crippen molar-refractivity contribution in [2.45, 2.75) is 30.6 Å². The van der Waals surface area contributed by atoms with E-state index >= 15 is 0 Å². The summed E-state index contributed by atoms with van der Waals surface area (Å²) >= 11 is 1.05. The van der Waals surface area contributed by atoms with Crippen molar-refractivity contribution in [1.82, 2.24) is 14.6 Å². The maximum absolute atomic E-state index is 13.0. The first-order valence-corrected chi connectivity index (χ1v) is 10.0. The fraction of sp³-hybridized carbons (Fsp3) is 0.375. The second-order valence-electron chi connectivity index (χ2n) is 5.93. The maximum atomic E-state index is 13.0. The molecule has 0 bridgehead atoms. The van der Waals surface area contributed by atoms with Crippen LogP contribution in [0.15, 0.2) is 22.5 Å². The zero-order chi connectivity index (χ0) is 18.2. The van der Waals surface area contributed by atoms with Crippen LogP contribution in [-0.2, 0) is 29.5 Å².